The molecule has 0 aliphatic carbocycles. The molecule has 0 fully saturated rings. The number of rotatable bonds is 10. The molecule has 0 aliphatic rings. The SMILES string of the molecule is CCCNC(=O)C(C)N(Cc1ccc(C)cc1)C(=O)CSCc1ccc(C)cc1. The van der Waals surface area contributed by atoms with Crippen molar-refractivity contribution in [3.63, 3.8) is 0 Å². The fourth-order valence-electron chi connectivity index (χ4n) is 2.89. The minimum absolute atomic E-state index is 0.0122. The predicted molar refractivity (Wildman–Crippen MR) is 122 cm³/mol. The number of hydrogen-bond donors (Lipinski definition) is 1. The molecule has 4 nitrogen and oxygen atoms in total. The molecule has 0 heterocycles. The van der Waals surface area contributed by atoms with Gasteiger partial charge in [-0.15, -0.1) is 11.8 Å². The van der Waals surface area contributed by atoms with Crippen LogP contribution in [0.1, 0.15) is 42.5 Å². The number of thioether (sulfide) groups is 1. The summed E-state index contributed by atoms with van der Waals surface area (Å²) >= 11 is 1.59. The summed E-state index contributed by atoms with van der Waals surface area (Å²) in [6.45, 7) is 8.98. The molecule has 2 rings (SSSR count). The summed E-state index contributed by atoms with van der Waals surface area (Å²) in [5, 5.41) is 2.91. The maximum absolute atomic E-state index is 13.0. The van der Waals surface area contributed by atoms with Gasteiger partial charge < -0.3 is 10.2 Å². The summed E-state index contributed by atoms with van der Waals surface area (Å²) in [6, 6.07) is 16.0. The average molecular weight is 413 g/mol. The second-order valence-corrected chi connectivity index (χ2v) is 8.44. The zero-order valence-corrected chi connectivity index (χ0v) is 18.7. The van der Waals surface area contributed by atoms with E-state index in [0.29, 0.717) is 18.8 Å². The van der Waals surface area contributed by atoms with Gasteiger partial charge in [-0.05, 0) is 38.3 Å². The summed E-state index contributed by atoms with van der Waals surface area (Å²) in [4.78, 5) is 27.2. The van der Waals surface area contributed by atoms with Crippen LogP contribution < -0.4 is 5.32 Å². The van der Waals surface area contributed by atoms with E-state index in [1.54, 1.807) is 16.7 Å². The lowest BCUT2D eigenvalue weighted by molar-refractivity contribution is -0.138. The molecular weight excluding hydrogens is 380 g/mol. The molecule has 1 atom stereocenters. The Balaban J connectivity index is 2.03. The number of nitrogens with zero attached hydrogens (tertiary/aromatic N) is 1. The first kappa shape index (κ1) is 23.0. The largest absolute Gasteiger partial charge is 0.354 e. The van der Waals surface area contributed by atoms with Crippen molar-refractivity contribution in [3.8, 4) is 0 Å². The molecule has 2 aromatic carbocycles. The smallest absolute Gasteiger partial charge is 0.242 e. The number of hydrogen-bond acceptors (Lipinski definition) is 3. The highest BCUT2D eigenvalue weighted by Crippen LogP contribution is 2.17. The van der Waals surface area contributed by atoms with Crippen molar-refractivity contribution in [1.29, 1.82) is 0 Å². The van der Waals surface area contributed by atoms with Crippen molar-refractivity contribution in [1.82, 2.24) is 10.2 Å². The van der Waals surface area contributed by atoms with Crippen molar-refractivity contribution in [2.75, 3.05) is 12.3 Å². The molecule has 2 amide bonds. The van der Waals surface area contributed by atoms with Crippen molar-refractivity contribution < 1.29 is 9.59 Å². The molecule has 0 radical (unpaired) electrons. The van der Waals surface area contributed by atoms with Gasteiger partial charge in [-0.3, -0.25) is 9.59 Å². The van der Waals surface area contributed by atoms with E-state index >= 15 is 0 Å². The maximum atomic E-state index is 13.0. The second-order valence-electron chi connectivity index (χ2n) is 7.45. The first-order valence-corrected chi connectivity index (χ1v) is 11.3. The fourth-order valence-corrected chi connectivity index (χ4v) is 3.76. The van der Waals surface area contributed by atoms with Gasteiger partial charge in [0.05, 0.1) is 5.75 Å². The van der Waals surface area contributed by atoms with E-state index in [1.165, 1.54) is 16.7 Å². The van der Waals surface area contributed by atoms with Crippen molar-refractivity contribution in [3.05, 3.63) is 70.8 Å². The highest BCUT2D eigenvalue weighted by molar-refractivity contribution is 7.99. The first-order valence-electron chi connectivity index (χ1n) is 10.2. The molecule has 2 aromatic rings. The zero-order chi connectivity index (χ0) is 21.2. The van der Waals surface area contributed by atoms with Crippen LogP contribution in [0.5, 0.6) is 0 Å². The third-order valence-electron chi connectivity index (χ3n) is 4.80. The van der Waals surface area contributed by atoms with E-state index < -0.39 is 6.04 Å². The van der Waals surface area contributed by atoms with E-state index in [4.69, 9.17) is 0 Å². The first-order chi connectivity index (χ1) is 13.9. The quantitative estimate of drug-likeness (QED) is 0.626. The standard InChI is InChI=1S/C24H32N2O2S/c1-5-14-25-24(28)20(4)26(15-21-10-6-18(2)7-11-21)23(27)17-29-16-22-12-8-19(3)9-13-22/h6-13,20H,5,14-17H2,1-4H3,(H,25,28). The minimum atomic E-state index is -0.504. The number of aryl methyl sites for hydroxylation is 2. The second kappa shape index (κ2) is 11.7. The molecule has 0 aromatic heterocycles. The van der Waals surface area contributed by atoms with Crippen LogP contribution in [-0.4, -0.2) is 35.1 Å². The molecule has 156 valence electrons. The Bertz CT molecular complexity index is 788. The van der Waals surface area contributed by atoms with Crippen molar-refractivity contribution in [2.45, 2.75) is 52.5 Å². The summed E-state index contributed by atoms with van der Waals surface area (Å²) in [5.41, 5.74) is 4.63. The van der Waals surface area contributed by atoms with E-state index in [1.807, 2.05) is 45.0 Å². The predicted octanol–water partition coefficient (Wildman–Crippen LogP) is 4.48. The summed E-state index contributed by atoms with van der Waals surface area (Å²) in [5.74, 6) is 1.02. The van der Waals surface area contributed by atoms with Gasteiger partial charge in [0.15, 0.2) is 0 Å². The lowest BCUT2D eigenvalue weighted by atomic mass is 10.1. The zero-order valence-electron chi connectivity index (χ0n) is 17.9. The van der Waals surface area contributed by atoms with Crippen LogP contribution in [0.25, 0.3) is 0 Å². The Morgan fingerprint density at radius 3 is 2.07 bits per heavy atom. The summed E-state index contributed by atoms with van der Waals surface area (Å²) in [6.07, 6.45) is 0.872. The number of carbonyl (C=O) groups excluding carboxylic acids is 2. The molecule has 0 saturated heterocycles. The summed E-state index contributed by atoms with van der Waals surface area (Å²) < 4.78 is 0. The van der Waals surface area contributed by atoms with Crippen molar-refractivity contribution in [2.24, 2.45) is 0 Å². The van der Waals surface area contributed by atoms with Crippen molar-refractivity contribution >= 4 is 23.6 Å². The van der Waals surface area contributed by atoms with Gasteiger partial charge >= 0.3 is 0 Å². The fraction of sp³-hybridized carbons (Fsp3) is 0.417. The Morgan fingerprint density at radius 1 is 0.966 bits per heavy atom. The topological polar surface area (TPSA) is 49.4 Å². The molecule has 1 unspecified atom stereocenters. The third-order valence-corrected chi connectivity index (χ3v) is 5.79. The normalized spacial score (nSPS) is 11.7. The van der Waals surface area contributed by atoms with Crippen LogP contribution in [-0.2, 0) is 21.9 Å². The van der Waals surface area contributed by atoms with E-state index in [2.05, 4.69) is 36.5 Å². The molecular formula is C24H32N2O2S. The van der Waals surface area contributed by atoms with E-state index in [9.17, 15) is 9.59 Å². The Morgan fingerprint density at radius 2 is 1.52 bits per heavy atom. The molecule has 1 N–H and O–H groups in total. The maximum Gasteiger partial charge on any atom is 0.242 e. The van der Waals surface area contributed by atoms with Crippen LogP contribution in [0.4, 0.5) is 0 Å². The number of benzene rings is 2. The number of carbonyl (C=O) groups is 2. The van der Waals surface area contributed by atoms with E-state index in [-0.39, 0.29) is 11.8 Å². The third kappa shape index (κ3) is 7.58. The average Bonchev–Trinajstić information content (AvgIpc) is 2.72. The van der Waals surface area contributed by atoms with Gasteiger partial charge in [0.1, 0.15) is 6.04 Å². The van der Waals surface area contributed by atoms with Crippen LogP contribution in [0.15, 0.2) is 48.5 Å². The lowest BCUT2D eigenvalue weighted by Crippen LogP contribution is -2.48. The van der Waals surface area contributed by atoms with Gasteiger partial charge in [0.25, 0.3) is 0 Å². The molecule has 5 heteroatoms. The van der Waals surface area contributed by atoms with Gasteiger partial charge in [0, 0.05) is 18.8 Å². The Kier molecular flexibility index (Phi) is 9.26. The lowest BCUT2D eigenvalue weighted by Gasteiger charge is -2.28. The van der Waals surface area contributed by atoms with E-state index in [0.717, 1.165) is 17.7 Å². The monoisotopic (exact) mass is 412 g/mol. The Hall–Kier alpha value is -2.27. The van der Waals surface area contributed by atoms with Gasteiger partial charge in [-0.25, -0.2) is 0 Å². The van der Waals surface area contributed by atoms with Gasteiger partial charge in [0.2, 0.25) is 11.8 Å². The molecule has 29 heavy (non-hydrogen) atoms. The molecule has 0 saturated carbocycles. The van der Waals surface area contributed by atoms with Crippen LogP contribution in [0.3, 0.4) is 0 Å². The number of amides is 2. The molecule has 0 aliphatic heterocycles. The highest BCUT2D eigenvalue weighted by Gasteiger charge is 2.25. The summed E-state index contributed by atoms with van der Waals surface area (Å²) in [7, 11) is 0. The molecule has 0 bridgehead atoms. The minimum Gasteiger partial charge on any atom is -0.354 e. The van der Waals surface area contributed by atoms with Crippen LogP contribution >= 0.6 is 11.8 Å². The van der Waals surface area contributed by atoms with Gasteiger partial charge in [-0.2, -0.15) is 0 Å². The highest BCUT2D eigenvalue weighted by atomic mass is 32.2. The molecule has 0 spiro atoms. The van der Waals surface area contributed by atoms with Crippen LogP contribution in [0.2, 0.25) is 0 Å². The van der Waals surface area contributed by atoms with Gasteiger partial charge in [-0.1, -0.05) is 66.6 Å². The Labute approximate surface area is 179 Å². The number of nitrogens with one attached hydrogen (secondary N) is 1. The van der Waals surface area contributed by atoms with Crippen LogP contribution in [0, 0.1) is 13.8 Å².